The van der Waals surface area contributed by atoms with Gasteiger partial charge in [0.25, 0.3) is 5.91 Å². The summed E-state index contributed by atoms with van der Waals surface area (Å²) in [5.41, 5.74) is 1.77. The molecule has 0 saturated heterocycles. The first-order chi connectivity index (χ1) is 14.5. The van der Waals surface area contributed by atoms with Gasteiger partial charge < -0.3 is 19.5 Å². The SMILES string of the molecule is COc1ccc(C(=O)OC(C)C(=O)Nc2sc3c(c2C#N)CCCCC3)c(OC)c1. The number of nitrogens with zero attached hydrogens (tertiary/aromatic N) is 1. The van der Waals surface area contributed by atoms with Crippen molar-refractivity contribution in [1.82, 2.24) is 0 Å². The van der Waals surface area contributed by atoms with Crippen molar-refractivity contribution < 1.29 is 23.8 Å². The monoisotopic (exact) mass is 428 g/mol. The van der Waals surface area contributed by atoms with Crippen molar-refractivity contribution in [2.75, 3.05) is 19.5 Å². The molecule has 0 radical (unpaired) electrons. The fourth-order valence-corrected chi connectivity index (χ4v) is 4.65. The Kier molecular flexibility index (Phi) is 6.95. The van der Waals surface area contributed by atoms with Crippen LogP contribution in [0.1, 0.15) is 52.5 Å². The first-order valence-corrected chi connectivity index (χ1v) is 10.6. The molecule has 30 heavy (non-hydrogen) atoms. The van der Waals surface area contributed by atoms with E-state index in [2.05, 4.69) is 11.4 Å². The molecule has 0 spiro atoms. The number of carbonyl (C=O) groups excluding carboxylic acids is 2. The smallest absolute Gasteiger partial charge is 0.342 e. The van der Waals surface area contributed by atoms with Gasteiger partial charge in [-0.25, -0.2) is 4.79 Å². The highest BCUT2D eigenvalue weighted by Crippen LogP contribution is 2.37. The molecular formula is C22H24N2O5S. The molecule has 0 aliphatic heterocycles. The van der Waals surface area contributed by atoms with E-state index in [1.807, 2.05) is 0 Å². The van der Waals surface area contributed by atoms with Gasteiger partial charge in [-0.1, -0.05) is 6.42 Å². The van der Waals surface area contributed by atoms with Gasteiger partial charge in [0.05, 0.1) is 19.8 Å². The zero-order valence-electron chi connectivity index (χ0n) is 17.2. The number of amides is 1. The molecule has 0 fully saturated rings. The quantitative estimate of drug-likeness (QED) is 0.550. The summed E-state index contributed by atoms with van der Waals surface area (Å²) in [6, 6.07) is 6.93. The fraction of sp³-hybridized carbons (Fsp3) is 0.409. The lowest BCUT2D eigenvalue weighted by Crippen LogP contribution is -2.30. The third-order valence-corrected chi connectivity index (χ3v) is 6.26. The summed E-state index contributed by atoms with van der Waals surface area (Å²) < 4.78 is 15.7. The molecule has 1 atom stereocenters. The standard InChI is InChI=1S/C22H24N2O5S/c1-13(29-22(26)16-10-9-14(27-2)11-18(16)28-3)20(25)24-21-17(12-23)15-7-5-4-6-8-19(15)30-21/h9-11,13H,4-8H2,1-3H3,(H,24,25). The van der Waals surface area contributed by atoms with Crippen molar-refractivity contribution in [3.8, 4) is 17.6 Å². The van der Waals surface area contributed by atoms with E-state index in [-0.39, 0.29) is 5.56 Å². The lowest BCUT2D eigenvalue weighted by atomic mass is 10.1. The molecule has 7 nitrogen and oxygen atoms in total. The van der Waals surface area contributed by atoms with E-state index in [4.69, 9.17) is 14.2 Å². The number of hydrogen-bond donors (Lipinski definition) is 1. The van der Waals surface area contributed by atoms with Crippen LogP contribution in [0.2, 0.25) is 0 Å². The van der Waals surface area contributed by atoms with Crippen molar-refractivity contribution in [1.29, 1.82) is 5.26 Å². The number of nitrogens with one attached hydrogen (secondary N) is 1. The Balaban J connectivity index is 1.71. The second-order valence-electron chi connectivity index (χ2n) is 6.98. The summed E-state index contributed by atoms with van der Waals surface area (Å²) in [6.07, 6.45) is 4.01. The van der Waals surface area contributed by atoms with Gasteiger partial charge in [0, 0.05) is 10.9 Å². The van der Waals surface area contributed by atoms with Crippen molar-refractivity contribution in [2.24, 2.45) is 0 Å². The molecule has 3 rings (SSSR count). The maximum Gasteiger partial charge on any atom is 0.342 e. The van der Waals surface area contributed by atoms with Gasteiger partial charge in [0.1, 0.15) is 28.1 Å². The predicted molar refractivity (Wildman–Crippen MR) is 113 cm³/mol. The first kappa shape index (κ1) is 21.7. The molecule has 8 heteroatoms. The zero-order chi connectivity index (χ0) is 21.7. The van der Waals surface area contributed by atoms with Crippen molar-refractivity contribution >= 4 is 28.2 Å². The molecule has 1 N–H and O–H groups in total. The number of rotatable bonds is 6. The largest absolute Gasteiger partial charge is 0.497 e. The number of hydrogen-bond acceptors (Lipinski definition) is 7. The fourth-order valence-electron chi connectivity index (χ4n) is 3.41. The molecule has 1 amide bonds. The number of ether oxygens (including phenoxy) is 3. The average Bonchev–Trinajstić information content (AvgIpc) is 2.91. The Labute approximate surface area is 179 Å². The Bertz CT molecular complexity index is 992. The lowest BCUT2D eigenvalue weighted by Gasteiger charge is -2.15. The highest BCUT2D eigenvalue weighted by atomic mass is 32.1. The van der Waals surface area contributed by atoms with Crippen LogP contribution in [0.5, 0.6) is 11.5 Å². The lowest BCUT2D eigenvalue weighted by molar-refractivity contribution is -0.123. The van der Waals surface area contributed by atoms with Crippen LogP contribution in [0, 0.1) is 11.3 Å². The third-order valence-electron chi connectivity index (χ3n) is 5.05. The number of anilines is 1. The van der Waals surface area contributed by atoms with E-state index < -0.39 is 18.0 Å². The molecule has 1 aliphatic rings. The van der Waals surface area contributed by atoms with Crippen molar-refractivity contribution in [2.45, 2.75) is 45.1 Å². The maximum absolute atomic E-state index is 12.6. The zero-order valence-corrected chi connectivity index (χ0v) is 18.1. The molecule has 1 unspecified atom stereocenters. The van der Waals surface area contributed by atoms with Gasteiger partial charge in [-0.3, -0.25) is 4.79 Å². The molecule has 1 aromatic heterocycles. The molecular weight excluding hydrogens is 404 g/mol. The highest BCUT2D eigenvalue weighted by Gasteiger charge is 2.25. The number of benzene rings is 1. The minimum atomic E-state index is -1.04. The van der Waals surface area contributed by atoms with Crippen LogP contribution in [0.25, 0.3) is 0 Å². The van der Waals surface area contributed by atoms with E-state index in [0.717, 1.165) is 42.5 Å². The van der Waals surface area contributed by atoms with Gasteiger partial charge in [0.2, 0.25) is 0 Å². The van der Waals surface area contributed by atoms with E-state index in [1.165, 1.54) is 38.5 Å². The number of nitriles is 1. The van der Waals surface area contributed by atoms with Crippen LogP contribution in [0.15, 0.2) is 18.2 Å². The Morgan fingerprint density at radius 1 is 1.17 bits per heavy atom. The summed E-state index contributed by atoms with van der Waals surface area (Å²) in [4.78, 5) is 26.3. The maximum atomic E-state index is 12.6. The van der Waals surface area contributed by atoms with E-state index in [1.54, 1.807) is 12.1 Å². The minimum Gasteiger partial charge on any atom is -0.497 e. The average molecular weight is 429 g/mol. The second-order valence-corrected chi connectivity index (χ2v) is 8.09. The van der Waals surface area contributed by atoms with Crippen LogP contribution in [-0.4, -0.2) is 32.2 Å². The van der Waals surface area contributed by atoms with E-state index in [9.17, 15) is 14.9 Å². The molecule has 0 bridgehead atoms. The Hall–Kier alpha value is -3.05. The number of carbonyl (C=O) groups is 2. The molecule has 1 heterocycles. The van der Waals surface area contributed by atoms with Gasteiger partial charge in [-0.05, 0) is 50.3 Å². The van der Waals surface area contributed by atoms with Crippen LogP contribution >= 0.6 is 11.3 Å². The number of methoxy groups -OCH3 is 2. The summed E-state index contributed by atoms with van der Waals surface area (Å²) in [5.74, 6) is -0.334. The van der Waals surface area contributed by atoms with Gasteiger partial charge >= 0.3 is 5.97 Å². The summed E-state index contributed by atoms with van der Waals surface area (Å²) in [6.45, 7) is 1.49. The molecule has 1 aromatic carbocycles. The van der Waals surface area contributed by atoms with Gasteiger partial charge in [0.15, 0.2) is 6.10 Å². The van der Waals surface area contributed by atoms with Crippen LogP contribution in [0.3, 0.4) is 0 Å². The number of aryl methyl sites for hydroxylation is 1. The molecule has 0 saturated carbocycles. The Morgan fingerprint density at radius 2 is 1.93 bits per heavy atom. The van der Waals surface area contributed by atoms with Crippen LogP contribution < -0.4 is 14.8 Å². The number of thiophene rings is 1. The third kappa shape index (κ3) is 4.57. The second kappa shape index (κ2) is 9.63. The summed E-state index contributed by atoms with van der Waals surface area (Å²) >= 11 is 1.44. The normalized spacial score (nSPS) is 13.9. The summed E-state index contributed by atoms with van der Waals surface area (Å²) in [7, 11) is 2.95. The van der Waals surface area contributed by atoms with Gasteiger partial charge in [-0.2, -0.15) is 5.26 Å². The number of fused-ring (bicyclic) bond motifs is 1. The van der Waals surface area contributed by atoms with Gasteiger partial charge in [-0.15, -0.1) is 11.3 Å². The van der Waals surface area contributed by atoms with Crippen molar-refractivity contribution in [3.63, 3.8) is 0 Å². The predicted octanol–water partition coefficient (Wildman–Crippen LogP) is 4.09. The number of esters is 1. The van der Waals surface area contributed by atoms with E-state index >= 15 is 0 Å². The molecule has 2 aromatic rings. The van der Waals surface area contributed by atoms with Crippen LogP contribution in [0.4, 0.5) is 5.00 Å². The minimum absolute atomic E-state index is 0.193. The first-order valence-electron chi connectivity index (χ1n) is 9.77. The molecule has 1 aliphatic carbocycles. The van der Waals surface area contributed by atoms with Crippen LogP contribution in [-0.2, 0) is 22.4 Å². The Morgan fingerprint density at radius 3 is 2.63 bits per heavy atom. The molecule has 158 valence electrons. The highest BCUT2D eigenvalue weighted by molar-refractivity contribution is 7.16. The topological polar surface area (TPSA) is 97.6 Å². The van der Waals surface area contributed by atoms with E-state index in [0.29, 0.717) is 22.1 Å². The summed E-state index contributed by atoms with van der Waals surface area (Å²) in [5, 5.41) is 12.9. The van der Waals surface area contributed by atoms with Crippen molar-refractivity contribution in [3.05, 3.63) is 39.8 Å².